The highest BCUT2D eigenvalue weighted by Gasteiger charge is 2.43. The smallest absolute Gasteiger partial charge is 0.324 e. The van der Waals surface area contributed by atoms with Crippen LogP contribution in [0.5, 0.6) is 5.75 Å². The van der Waals surface area contributed by atoms with E-state index in [0.717, 1.165) is 61.1 Å². The maximum atomic E-state index is 5.96. The lowest BCUT2D eigenvalue weighted by molar-refractivity contribution is 0.282. The summed E-state index contributed by atoms with van der Waals surface area (Å²) >= 11 is 0. The Bertz CT molecular complexity index is 962. The van der Waals surface area contributed by atoms with Crippen LogP contribution in [0.3, 0.4) is 0 Å². The number of rotatable bonds is 8. The van der Waals surface area contributed by atoms with Crippen molar-refractivity contribution in [3.63, 3.8) is 0 Å². The molecule has 0 amide bonds. The largest absolute Gasteiger partial charge is 0.494 e. The molecule has 3 aromatic rings. The summed E-state index contributed by atoms with van der Waals surface area (Å²) in [4.78, 5) is 6.79. The first-order chi connectivity index (χ1) is 15.2. The van der Waals surface area contributed by atoms with Crippen molar-refractivity contribution in [3.8, 4) is 11.4 Å². The fourth-order valence-electron chi connectivity index (χ4n) is 4.59. The van der Waals surface area contributed by atoms with E-state index in [-0.39, 0.29) is 0 Å². The Hall–Kier alpha value is -2.97. The molecule has 31 heavy (non-hydrogen) atoms. The van der Waals surface area contributed by atoms with Gasteiger partial charge in [0.05, 0.1) is 12.3 Å². The van der Waals surface area contributed by atoms with E-state index < -0.39 is 0 Å². The van der Waals surface area contributed by atoms with Crippen LogP contribution in [0.4, 0.5) is 6.01 Å². The van der Waals surface area contributed by atoms with Crippen LogP contribution in [0.2, 0.25) is 0 Å². The van der Waals surface area contributed by atoms with E-state index in [1.807, 2.05) is 24.3 Å². The van der Waals surface area contributed by atoms with Gasteiger partial charge in [-0.1, -0.05) is 19.0 Å². The lowest BCUT2D eigenvalue weighted by Crippen LogP contribution is -2.34. The van der Waals surface area contributed by atoms with E-state index in [2.05, 4.69) is 44.4 Å². The summed E-state index contributed by atoms with van der Waals surface area (Å²) in [5.41, 5.74) is 0.923. The molecule has 9 nitrogen and oxygen atoms in total. The molecule has 3 heterocycles. The van der Waals surface area contributed by atoms with Gasteiger partial charge in [0.15, 0.2) is 5.82 Å². The predicted octanol–water partition coefficient (Wildman–Crippen LogP) is 3.49. The van der Waals surface area contributed by atoms with Gasteiger partial charge in [-0.2, -0.15) is 4.98 Å². The average Bonchev–Trinajstić information content (AvgIpc) is 3.19. The van der Waals surface area contributed by atoms with Crippen molar-refractivity contribution in [3.05, 3.63) is 36.4 Å². The Morgan fingerprint density at radius 2 is 1.97 bits per heavy atom. The van der Waals surface area contributed by atoms with Crippen molar-refractivity contribution < 1.29 is 9.26 Å². The second-order valence-corrected chi connectivity index (χ2v) is 8.96. The zero-order chi connectivity index (χ0) is 21.2. The Morgan fingerprint density at radius 1 is 1.16 bits per heavy atom. The SMILES string of the molecule is CC(C)c1noc(N2CCC([C@H]3C[C@H]3CCOc3ccc(-n4cnnn4)cc3)CC2)n1. The lowest BCUT2D eigenvalue weighted by Gasteiger charge is -2.30. The zero-order valence-electron chi connectivity index (χ0n) is 18.1. The second-order valence-electron chi connectivity index (χ2n) is 8.96. The summed E-state index contributed by atoms with van der Waals surface area (Å²) in [6, 6.07) is 8.56. The van der Waals surface area contributed by atoms with Crippen molar-refractivity contribution >= 4 is 6.01 Å². The molecule has 1 saturated heterocycles. The van der Waals surface area contributed by atoms with Crippen molar-refractivity contribution in [1.29, 1.82) is 0 Å². The number of anilines is 1. The maximum absolute atomic E-state index is 5.96. The quantitative estimate of drug-likeness (QED) is 0.543. The number of tetrazole rings is 1. The van der Waals surface area contributed by atoms with Gasteiger partial charge in [0.1, 0.15) is 12.1 Å². The van der Waals surface area contributed by atoms with E-state index in [9.17, 15) is 0 Å². The van der Waals surface area contributed by atoms with Gasteiger partial charge < -0.3 is 14.2 Å². The van der Waals surface area contributed by atoms with Gasteiger partial charge in [0, 0.05) is 19.0 Å². The third kappa shape index (κ3) is 4.55. The zero-order valence-corrected chi connectivity index (χ0v) is 18.1. The van der Waals surface area contributed by atoms with Gasteiger partial charge in [-0.3, -0.25) is 0 Å². The third-order valence-corrected chi connectivity index (χ3v) is 6.55. The van der Waals surface area contributed by atoms with Crippen LogP contribution in [-0.4, -0.2) is 50.0 Å². The topological polar surface area (TPSA) is 95.0 Å². The molecular weight excluding hydrogens is 394 g/mol. The number of hydrogen-bond donors (Lipinski definition) is 0. The molecule has 0 spiro atoms. The average molecular weight is 424 g/mol. The molecule has 9 heteroatoms. The number of benzene rings is 1. The van der Waals surface area contributed by atoms with Crippen molar-refractivity contribution in [2.24, 2.45) is 17.8 Å². The molecule has 1 aromatic carbocycles. The summed E-state index contributed by atoms with van der Waals surface area (Å²) in [6.07, 6.45) is 6.46. The molecule has 0 bridgehead atoms. The number of nitrogens with zero attached hydrogens (tertiary/aromatic N) is 7. The summed E-state index contributed by atoms with van der Waals surface area (Å²) < 4.78 is 13.1. The van der Waals surface area contributed by atoms with Gasteiger partial charge in [-0.25, -0.2) is 4.68 Å². The van der Waals surface area contributed by atoms with Gasteiger partial charge in [-0.15, -0.1) is 5.10 Å². The van der Waals surface area contributed by atoms with E-state index in [1.165, 1.54) is 19.3 Å². The van der Waals surface area contributed by atoms with Gasteiger partial charge in [0.25, 0.3) is 0 Å². The Kier molecular flexibility index (Phi) is 5.57. The van der Waals surface area contributed by atoms with Crippen LogP contribution in [-0.2, 0) is 0 Å². The minimum atomic E-state index is 0.299. The number of aromatic nitrogens is 6. The Balaban J connectivity index is 1.03. The number of piperidine rings is 1. The number of ether oxygens (including phenoxy) is 1. The summed E-state index contributed by atoms with van der Waals surface area (Å²) in [5, 5.41) is 15.3. The summed E-state index contributed by atoms with van der Waals surface area (Å²) in [6.45, 7) is 6.97. The first kappa shape index (κ1) is 20.0. The monoisotopic (exact) mass is 423 g/mol. The molecule has 1 aliphatic carbocycles. The van der Waals surface area contributed by atoms with E-state index in [4.69, 9.17) is 9.26 Å². The van der Waals surface area contributed by atoms with Crippen molar-refractivity contribution in [2.75, 3.05) is 24.6 Å². The first-order valence-corrected chi connectivity index (χ1v) is 11.2. The van der Waals surface area contributed by atoms with Crippen LogP contribution >= 0.6 is 0 Å². The van der Waals surface area contributed by atoms with Crippen molar-refractivity contribution in [1.82, 2.24) is 30.3 Å². The maximum Gasteiger partial charge on any atom is 0.324 e. The number of hydrogen-bond acceptors (Lipinski definition) is 8. The lowest BCUT2D eigenvalue weighted by atomic mass is 9.90. The van der Waals surface area contributed by atoms with Gasteiger partial charge in [0.2, 0.25) is 0 Å². The van der Waals surface area contributed by atoms with Crippen LogP contribution in [0, 0.1) is 17.8 Å². The van der Waals surface area contributed by atoms with Gasteiger partial charge >= 0.3 is 6.01 Å². The van der Waals surface area contributed by atoms with E-state index in [0.29, 0.717) is 11.9 Å². The molecule has 0 N–H and O–H groups in total. The Labute approximate surface area is 181 Å². The van der Waals surface area contributed by atoms with Crippen LogP contribution in [0.1, 0.15) is 51.3 Å². The van der Waals surface area contributed by atoms with Crippen LogP contribution in [0.15, 0.2) is 35.1 Å². The van der Waals surface area contributed by atoms with Crippen LogP contribution in [0.25, 0.3) is 5.69 Å². The summed E-state index contributed by atoms with van der Waals surface area (Å²) in [7, 11) is 0. The van der Waals surface area contributed by atoms with E-state index in [1.54, 1.807) is 11.0 Å². The van der Waals surface area contributed by atoms with Gasteiger partial charge in [-0.05, 0) is 78.1 Å². The van der Waals surface area contributed by atoms with Crippen LogP contribution < -0.4 is 9.64 Å². The molecule has 1 saturated carbocycles. The molecule has 0 radical (unpaired) electrons. The highest BCUT2D eigenvalue weighted by molar-refractivity contribution is 5.36. The minimum Gasteiger partial charge on any atom is -0.494 e. The minimum absolute atomic E-state index is 0.299. The molecule has 0 unspecified atom stereocenters. The standard InChI is InChI=1S/C22H29N7O2/c1-15(2)21-24-22(31-25-21)28-10-7-16(8-11-28)20-13-17(20)9-12-30-19-5-3-18(4-6-19)29-14-23-26-27-29/h3-6,14-17,20H,7-13H2,1-2H3/t17-,20-/m1/s1. The Morgan fingerprint density at radius 3 is 2.65 bits per heavy atom. The molecule has 2 fully saturated rings. The predicted molar refractivity (Wildman–Crippen MR) is 114 cm³/mol. The normalized spacial score (nSPS) is 21.6. The third-order valence-electron chi connectivity index (χ3n) is 6.55. The molecule has 5 rings (SSSR count). The fourth-order valence-corrected chi connectivity index (χ4v) is 4.59. The molecule has 2 aliphatic rings. The molecule has 2 atom stereocenters. The molecular formula is C22H29N7O2. The van der Waals surface area contributed by atoms with E-state index >= 15 is 0 Å². The van der Waals surface area contributed by atoms with Crippen molar-refractivity contribution in [2.45, 2.75) is 45.4 Å². The highest BCUT2D eigenvalue weighted by atomic mass is 16.5. The first-order valence-electron chi connectivity index (χ1n) is 11.2. The summed E-state index contributed by atoms with van der Waals surface area (Å²) in [5.74, 6) is 4.44. The molecule has 2 aromatic heterocycles. The molecule has 1 aliphatic heterocycles. The second kappa shape index (κ2) is 8.64. The fraction of sp³-hybridized carbons (Fsp3) is 0.591. The highest BCUT2D eigenvalue weighted by Crippen LogP contribution is 2.50. The molecule has 164 valence electrons.